The van der Waals surface area contributed by atoms with E-state index in [0.717, 1.165) is 19.3 Å². The summed E-state index contributed by atoms with van der Waals surface area (Å²) in [4.78, 5) is 11.8. The molecule has 0 amide bonds. The summed E-state index contributed by atoms with van der Waals surface area (Å²) in [6.07, 6.45) is 18.4. The molecule has 242 valence electrons. The first-order valence-corrected chi connectivity index (χ1v) is 18.0. The fraction of sp³-hybridized carbons (Fsp3) is 0.634. The molecule has 1 atom stereocenters. The second-order valence-corrected chi connectivity index (χ2v) is 14.1. The number of ether oxygens (including phenoxy) is 1. The van der Waals surface area contributed by atoms with Gasteiger partial charge in [-0.3, -0.25) is 0 Å². The van der Waals surface area contributed by atoms with Crippen molar-refractivity contribution in [2.75, 3.05) is 13.2 Å². The quantitative estimate of drug-likeness (QED) is 0.126. The summed E-state index contributed by atoms with van der Waals surface area (Å²) in [5.74, 6) is 2.29. The molecule has 2 aliphatic rings. The highest BCUT2D eigenvalue weighted by Crippen LogP contribution is 2.44. The number of unbranched alkanes of at least 4 members (excludes halogenated alkanes) is 2. The Kier molecular flexibility index (Phi) is 13.6. The maximum absolute atomic E-state index is 11.8. The van der Waals surface area contributed by atoms with Crippen LogP contribution < -0.4 is 0 Å². The molecule has 3 heteroatoms. The summed E-state index contributed by atoms with van der Waals surface area (Å²) in [7, 11) is 0. The predicted molar refractivity (Wildman–Crippen MR) is 184 cm³/mol. The van der Waals surface area contributed by atoms with Crippen LogP contribution in [0.25, 0.3) is 0 Å². The summed E-state index contributed by atoms with van der Waals surface area (Å²) in [5.41, 5.74) is 9.86. The number of aryl methyl sites for hydroxylation is 3. The lowest BCUT2D eigenvalue weighted by Gasteiger charge is -2.33. The molecule has 2 fully saturated rings. The fourth-order valence-electron chi connectivity index (χ4n) is 8.07. The third kappa shape index (κ3) is 9.32. The number of aliphatic hydroxyl groups excluding tert-OH is 1. The average Bonchev–Trinajstić information content (AvgIpc) is 3.06. The van der Waals surface area contributed by atoms with Crippen molar-refractivity contribution in [3.8, 4) is 0 Å². The van der Waals surface area contributed by atoms with Gasteiger partial charge in [0, 0.05) is 18.1 Å². The van der Waals surface area contributed by atoms with E-state index < -0.39 is 0 Å². The first-order valence-electron chi connectivity index (χ1n) is 18.0. The lowest BCUT2D eigenvalue weighted by molar-refractivity contribution is -0.140. The van der Waals surface area contributed by atoms with Gasteiger partial charge in [0.2, 0.25) is 0 Å². The van der Waals surface area contributed by atoms with Crippen LogP contribution in [0.4, 0.5) is 0 Å². The second-order valence-electron chi connectivity index (χ2n) is 14.1. The average molecular weight is 601 g/mol. The lowest BCUT2D eigenvalue weighted by atomic mass is 9.73. The fourth-order valence-corrected chi connectivity index (χ4v) is 8.07. The smallest absolute Gasteiger partial charge is 0.333 e. The highest BCUT2D eigenvalue weighted by Gasteiger charge is 2.28. The number of benzene rings is 2. The number of rotatable bonds is 15. The summed E-state index contributed by atoms with van der Waals surface area (Å²) < 4.78 is 5.33. The standard InChI is InChI=1S/C41H60O3/c1-6-9-10-11-34-18-21-38(25-32(34)7-2)36-16-19-37(20-17-36)40-23-22-39(26-33(40)8-3)35-14-12-30(13-15-35)24-31(27-42)28-44-41(43)29(4)5/h18,21-23,25-26,30-31,35-37,42H,4,6-17,19-20,24,27-28H2,1-3,5H3. The molecule has 0 aromatic heterocycles. The largest absolute Gasteiger partial charge is 0.462 e. The highest BCUT2D eigenvalue weighted by atomic mass is 16.5. The number of hydrogen-bond acceptors (Lipinski definition) is 3. The summed E-state index contributed by atoms with van der Waals surface area (Å²) in [5, 5.41) is 9.85. The lowest BCUT2D eigenvalue weighted by Crippen LogP contribution is -2.23. The zero-order valence-electron chi connectivity index (χ0n) is 28.3. The topological polar surface area (TPSA) is 46.5 Å². The molecule has 0 saturated heterocycles. The van der Waals surface area contributed by atoms with Crippen LogP contribution in [-0.2, 0) is 28.8 Å². The third-order valence-corrected chi connectivity index (χ3v) is 10.9. The summed E-state index contributed by atoms with van der Waals surface area (Å²) in [6.45, 7) is 12.6. The van der Waals surface area contributed by atoms with Crippen molar-refractivity contribution in [1.29, 1.82) is 0 Å². The van der Waals surface area contributed by atoms with Gasteiger partial charge >= 0.3 is 5.97 Å². The molecule has 0 radical (unpaired) electrons. The van der Waals surface area contributed by atoms with E-state index in [9.17, 15) is 9.90 Å². The summed E-state index contributed by atoms with van der Waals surface area (Å²) >= 11 is 0. The molecule has 1 unspecified atom stereocenters. The van der Waals surface area contributed by atoms with Gasteiger partial charge in [0.1, 0.15) is 0 Å². The molecule has 2 saturated carbocycles. The van der Waals surface area contributed by atoms with Crippen molar-refractivity contribution in [1.82, 2.24) is 0 Å². The van der Waals surface area contributed by atoms with Crippen LogP contribution in [0, 0.1) is 11.8 Å². The molecule has 3 nitrogen and oxygen atoms in total. The van der Waals surface area contributed by atoms with Crippen molar-refractivity contribution >= 4 is 5.97 Å². The molecule has 1 N–H and O–H groups in total. The Balaban J connectivity index is 1.30. The van der Waals surface area contributed by atoms with Gasteiger partial charge in [0.25, 0.3) is 0 Å². The predicted octanol–water partition coefficient (Wildman–Crippen LogP) is 10.4. The Morgan fingerprint density at radius 2 is 1.41 bits per heavy atom. The Labute approximate surface area is 268 Å². The van der Waals surface area contributed by atoms with Crippen LogP contribution in [0.5, 0.6) is 0 Å². The van der Waals surface area contributed by atoms with Gasteiger partial charge in [0.15, 0.2) is 0 Å². The molecule has 44 heavy (non-hydrogen) atoms. The second kappa shape index (κ2) is 17.3. The maximum atomic E-state index is 11.8. The Bertz CT molecular complexity index is 1200. The highest BCUT2D eigenvalue weighted by molar-refractivity contribution is 5.86. The van der Waals surface area contributed by atoms with Gasteiger partial charge in [-0.2, -0.15) is 0 Å². The maximum Gasteiger partial charge on any atom is 0.333 e. The third-order valence-electron chi connectivity index (χ3n) is 10.9. The van der Waals surface area contributed by atoms with Crippen LogP contribution in [0.15, 0.2) is 48.6 Å². The molecule has 2 aliphatic carbocycles. The van der Waals surface area contributed by atoms with E-state index in [1.54, 1.807) is 34.7 Å². The molecule has 4 rings (SSSR count). The SMILES string of the molecule is C=C(C)C(=O)OCC(CO)CC1CCC(c2ccc(C3CCC(c4ccc(CCCCC)c(CC)c4)CC3)c(CC)c2)CC1. The van der Waals surface area contributed by atoms with E-state index in [2.05, 4.69) is 63.7 Å². The van der Waals surface area contributed by atoms with Crippen LogP contribution in [0.2, 0.25) is 0 Å². The van der Waals surface area contributed by atoms with Gasteiger partial charge in [-0.25, -0.2) is 4.79 Å². The number of hydrogen-bond donors (Lipinski definition) is 1. The normalized spacial score (nSPS) is 22.8. The molecule has 0 bridgehead atoms. The molecule has 2 aromatic carbocycles. The van der Waals surface area contributed by atoms with Crippen molar-refractivity contribution < 1.29 is 14.6 Å². The first kappa shape index (κ1) is 34.5. The molecular weight excluding hydrogens is 540 g/mol. The van der Waals surface area contributed by atoms with Crippen LogP contribution in [0.3, 0.4) is 0 Å². The van der Waals surface area contributed by atoms with Gasteiger partial charge in [-0.15, -0.1) is 0 Å². The number of aliphatic hydroxyl groups is 1. The zero-order chi connectivity index (χ0) is 31.5. The van der Waals surface area contributed by atoms with E-state index in [0.29, 0.717) is 29.2 Å². The Hall–Kier alpha value is -2.39. The monoisotopic (exact) mass is 600 g/mol. The van der Waals surface area contributed by atoms with Crippen LogP contribution in [0.1, 0.15) is 156 Å². The van der Waals surface area contributed by atoms with Gasteiger partial charge < -0.3 is 9.84 Å². The van der Waals surface area contributed by atoms with Crippen LogP contribution in [-0.4, -0.2) is 24.3 Å². The minimum atomic E-state index is -0.358. The van der Waals surface area contributed by atoms with E-state index in [1.165, 1.54) is 82.6 Å². The van der Waals surface area contributed by atoms with E-state index >= 15 is 0 Å². The summed E-state index contributed by atoms with van der Waals surface area (Å²) in [6, 6.07) is 14.9. The van der Waals surface area contributed by atoms with Crippen LogP contribution >= 0.6 is 0 Å². The Morgan fingerprint density at radius 3 is 2.00 bits per heavy atom. The zero-order valence-corrected chi connectivity index (χ0v) is 28.3. The molecule has 2 aromatic rings. The van der Waals surface area contributed by atoms with Gasteiger partial charge in [-0.05, 0) is 147 Å². The molecule has 0 spiro atoms. The van der Waals surface area contributed by atoms with Crippen molar-refractivity contribution in [2.24, 2.45) is 11.8 Å². The van der Waals surface area contributed by atoms with E-state index in [4.69, 9.17) is 4.74 Å². The van der Waals surface area contributed by atoms with E-state index in [1.807, 2.05) is 0 Å². The van der Waals surface area contributed by atoms with E-state index in [-0.39, 0.29) is 25.1 Å². The molecule has 0 aliphatic heterocycles. The Morgan fingerprint density at radius 1 is 0.818 bits per heavy atom. The molecule has 0 heterocycles. The number of carbonyl (C=O) groups excluding carboxylic acids is 1. The van der Waals surface area contributed by atoms with Crippen molar-refractivity contribution in [3.63, 3.8) is 0 Å². The minimum Gasteiger partial charge on any atom is -0.462 e. The minimum absolute atomic E-state index is 0.0181. The number of esters is 1. The van der Waals surface area contributed by atoms with Crippen molar-refractivity contribution in [2.45, 2.75) is 142 Å². The van der Waals surface area contributed by atoms with Crippen molar-refractivity contribution in [3.05, 3.63) is 81.9 Å². The molecular formula is C41H60O3. The number of carbonyl (C=O) groups is 1. The first-order chi connectivity index (χ1) is 21.4. The van der Waals surface area contributed by atoms with Gasteiger partial charge in [-0.1, -0.05) is 76.6 Å². The van der Waals surface area contributed by atoms with Gasteiger partial charge in [0.05, 0.1) is 6.61 Å².